The van der Waals surface area contributed by atoms with Gasteiger partial charge in [-0.2, -0.15) is 0 Å². The second kappa shape index (κ2) is 4.42. The van der Waals surface area contributed by atoms with Crippen LogP contribution in [0.2, 0.25) is 0 Å². The van der Waals surface area contributed by atoms with Crippen molar-refractivity contribution in [2.45, 2.75) is 32.4 Å². The third kappa shape index (κ3) is 3.19. The number of hydrogen-bond acceptors (Lipinski definition) is 3. The summed E-state index contributed by atoms with van der Waals surface area (Å²) in [5, 5.41) is 2.73. The van der Waals surface area contributed by atoms with Gasteiger partial charge in [-0.15, -0.1) is 0 Å². The molecule has 0 bridgehead atoms. The summed E-state index contributed by atoms with van der Waals surface area (Å²) < 4.78 is 4.99. The van der Waals surface area contributed by atoms with Crippen molar-refractivity contribution < 1.29 is 9.53 Å². The van der Waals surface area contributed by atoms with E-state index in [0.29, 0.717) is 6.54 Å². The molecule has 0 spiro atoms. The summed E-state index contributed by atoms with van der Waals surface area (Å²) in [4.78, 5) is 11.4. The minimum Gasteiger partial charge on any atom is -0.369 e. The number of carbonyl (C=O) groups is 1. The number of hydrogen-bond donors (Lipinski definition) is 2. The first-order valence-corrected chi connectivity index (χ1v) is 4.00. The molecule has 1 unspecified atom stereocenters. The van der Waals surface area contributed by atoms with Crippen LogP contribution in [0.3, 0.4) is 0 Å². The Hall–Kier alpha value is -0.610. The minimum absolute atomic E-state index is 0.00748. The van der Waals surface area contributed by atoms with Gasteiger partial charge >= 0.3 is 0 Å². The van der Waals surface area contributed by atoms with E-state index in [1.807, 2.05) is 6.92 Å². The van der Waals surface area contributed by atoms with Crippen molar-refractivity contribution >= 4 is 5.91 Å². The van der Waals surface area contributed by atoms with Crippen molar-refractivity contribution in [1.82, 2.24) is 5.32 Å². The fourth-order valence-corrected chi connectivity index (χ4v) is 0.549. The van der Waals surface area contributed by atoms with E-state index in [2.05, 4.69) is 5.32 Å². The number of nitrogens with one attached hydrogen (secondary N) is 1. The van der Waals surface area contributed by atoms with Gasteiger partial charge in [0.2, 0.25) is 0 Å². The topological polar surface area (TPSA) is 64.3 Å². The monoisotopic (exact) mass is 174 g/mol. The Kier molecular flexibility index (Phi) is 4.20. The first kappa shape index (κ1) is 11.4. The van der Waals surface area contributed by atoms with Crippen molar-refractivity contribution in [1.29, 1.82) is 0 Å². The van der Waals surface area contributed by atoms with Crippen molar-refractivity contribution in [3.63, 3.8) is 0 Å². The molecule has 0 aromatic carbocycles. The molecule has 1 amide bonds. The zero-order valence-corrected chi connectivity index (χ0v) is 8.18. The lowest BCUT2D eigenvalue weighted by atomic mass is 10.1. The van der Waals surface area contributed by atoms with Gasteiger partial charge in [0.25, 0.3) is 5.91 Å². The predicted octanol–water partition coefficient (Wildman–Crippen LogP) is -0.125. The van der Waals surface area contributed by atoms with Crippen molar-refractivity contribution in [2.24, 2.45) is 5.73 Å². The van der Waals surface area contributed by atoms with E-state index in [4.69, 9.17) is 10.5 Å². The Morgan fingerprint density at radius 2 is 2.17 bits per heavy atom. The van der Waals surface area contributed by atoms with E-state index in [1.54, 1.807) is 13.8 Å². The van der Waals surface area contributed by atoms with Crippen LogP contribution in [0.1, 0.15) is 20.8 Å². The average Bonchev–Trinajstić information content (AvgIpc) is 2.04. The molecular formula is C8H18N2O2. The quantitative estimate of drug-likeness (QED) is 0.624. The molecule has 4 nitrogen and oxygen atoms in total. The zero-order chi connectivity index (χ0) is 9.78. The Balaban J connectivity index is 4.03. The number of carbonyl (C=O) groups excluding carboxylic acids is 1. The molecule has 0 radical (unpaired) electrons. The second-order valence-electron chi connectivity index (χ2n) is 3.32. The van der Waals surface area contributed by atoms with Crippen molar-refractivity contribution in [3.05, 3.63) is 0 Å². The van der Waals surface area contributed by atoms with Gasteiger partial charge in [-0.3, -0.25) is 4.79 Å². The van der Waals surface area contributed by atoms with E-state index < -0.39 is 5.60 Å². The van der Waals surface area contributed by atoms with E-state index in [9.17, 15) is 4.79 Å². The molecule has 0 aliphatic rings. The third-order valence-corrected chi connectivity index (χ3v) is 1.79. The summed E-state index contributed by atoms with van der Waals surface area (Å²) >= 11 is 0. The third-order valence-electron chi connectivity index (χ3n) is 1.79. The van der Waals surface area contributed by atoms with Crippen LogP contribution < -0.4 is 11.1 Å². The summed E-state index contributed by atoms with van der Waals surface area (Å²) in [5.74, 6) is -0.136. The van der Waals surface area contributed by atoms with Gasteiger partial charge in [0.05, 0.1) is 0 Å². The lowest BCUT2D eigenvalue weighted by molar-refractivity contribution is -0.140. The van der Waals surface area contributed by atoms with Gasteiger partial charge in [0.1, 0.15) is 5.60 Å². The molecule has 0 saturated carbocycles. The van der Waals surface area contributed by atoms with Gasteiger partial charge in [0, 0.05) is 19.7 Å². The van der Waals surface area contributed by atoms with Gasteiger partial charge in [-0.25, -0.2) is 0 Å². The Morgan fingerprint density at radius 1 is 1.67 bits per heavy atom. The van der Waals surface area contributed by atoms with Crippen molar-refractivity contribution in [3.8, 4) is 0 Å². The summed E-state index contributed by atoms with van der Waals surface area (Å²) in [7, 11) is 1.51. The molecule has 0 aromatic rings. The van der Waals surface area contributed by atoms with Crippen LogP contribution >= 0.6 is 0 Å². The maximum absolute atomic E-state index is 11.4. The molecule has 4 heteroatoms. The Morgan fingerprint density at radius 3 is 2.50 bits per heavy atom. The number of nitrogens with two attached hydrogens (primary N) is 1. The van der Waals surface area contributed by atoms with Crippen LogP contribution in [-0.4, -0.2) is 31.2 Å². The molecule has 0 fully saturated rings. The van der Waals surface area contributed by atoms with Gasteiger partial charge in [-0.05, 0) is 20.8 Å². The smallest absolute Gasteiger partial charge is 0.251 e. The largest absolute Gasteiger partial charge is 0.369 e. The molecule has 1 atom stereocenters. The lowest BCUT2D eigenvalue weighted by Crippen LogP contribution is -2.48. The zero-order valence-electron chi connectivity index (χ0n) is 8.18. The highest BCUT2D eigenvalue weighted by Gasteiger charge is 2.27. The van der Waals surface area contributed by atoms with Crippen LogP contribution in [0.25, 0.3) is 0 Å². The standard InChI is InChI=1S/C8H18N2O2/c1-6(5-9)10-7(11)8(2,3)12-4/h6H,5,9H2,1-4H3,(H,10,11). The van der Waals surface area contributed by atoms with E-state index in [-0.39, 0.29) is 11.9 Å². The van der Waals surface area contributed by atoms with Crippen molar-refractivity contribution in [2.75, 3.05) is 13.7 Å². The van der Waals surface area contributed by atoms with Crippen LogP contribution in [0.5, 0.6) is 0 Å². The van der Waals surface area contributed by atoms with E-state index >= 15 is 0 Å². The Labute approximate surface area is 73.5 Å². The average molecular weight is 174 g/mol. The van der Waals surface area contributed by atoms with Gasteiger partial charge in [0.15, 0.2) is 0 Å². The van der Waals surface area contributed by atoms with Crippen LogP contribution in [-0.2, 0) is 9.53 Å². The highest BCUT2D eigenvalue weighted by atomic mass is 16.5. The SMILES string of the molecule is COC(C)(C)C(=O)NC(C)CN. The summed E-state index contributed by atoms with van der Waals surface area (Å²) in [6, 6.07) is -0.00748. The minimum atomic E-state index is -0.774. The molecule has 0 aromatic heterocycles. The molecule has 12 heavy (non-hydrogen) atoms. The molecule has 0 saturated heterocycles. The molecule has 0 aliphatic heterocycles. The number of ether oxygens (including phenoxy) is 1. The maximum Gasteiger partial charge on any atom is 0.251 e. The Bertz CT molecular complexity index is 157. The predicted molar refractivity (Wildman–Crippen MR) is 47.7 cm³/mol. The summed E-state index contributed by atoms with van der Waals surface area (Å²) in [6.45, 7) is 5.71. The molecule has 0 heterocycles. The normalized spacial score (nSPS) is 14.1. The fourth-order valence-electron chi connectivity index (χ4n) is 0.549. The highest BCUT2D eigenvalue weighted by Crippen LogP contribution is 2.06. The highest BCUT2D eigenvalue weighted by molar-refractivity contribution is 5.84. The number of amides is 1. The second-order valence-corrected chi connectivity index (χ2v) is 3.32. The van der Waals surface area contributed by atoms with Crippen LogP contribution in [0.15, 0.2) is 0 Å². The molecule has 3 N–H and O–H groups in total. The number of rotatable bonds is 4. The molecule has 0 rings (SSSR count). The molecular weight excluding hydrogens is 156 g/mol. The number of methoxy groups -OCH3 is 1. The molecule has 72 valence electrons. The van der Waals surface area contributed by atoms with E-state index in [0.717, 1.165) is 0 Å². The lowest BCUT2D eigenvalue weighted by Gasteiger charge is -2.23. The van der Waals surface area contributed by atoms with Gasteiger partial charge < -0.3 is 15.8 Å². The summed E-state index contributed by atoms with van der Waals surface area (Å²) in [6.07, 6.45) is 0. The maximum atomic E-state index is 11.4. The summed E-state index contributed by atoms with van der Waals surface area (Å²) in [5.41, 5.74) is 4.58. The van der Waals surface area contributed by atoms with Crippen LogP contribution in [0.4, 0.5) is 0 Å². The molecule has 0 aliphatic carbocycles. The van der Waals surface area contributed by atoms with Crippen LogP contribution in [0, 0.1) is 0 Å². The first-order valence-electron chi connectivity index (χ1n) is 4.00. The fraction of sp³-hybridized carbons (Fsp3) is 0.875. The van der Waals surface area contributed by atoms with E-state index in [1.165, 1.54) is 7.11 Å². The van der Waals surface area contributed by atoms with Gasteiger partial charge in [-0.1, -0.05) is 0 Å². The first-order chi connectivity index (χ1) is 5.44.